The van der Waals surface area contributed by atoms with E-state index in [0.717, 1.165) is 30.6 Å². The number of carbonyl (C=O) groups excluding carboxylic acids is 1. The number of rotatable bonds is 1. The second-order valence-electron chi connectivity index (χ2n) is 9.87. The van der Waals surface area contributed by atoms with Crippen LogP contribution >= 0.6 is 0 Å². The zero-order chi connectivity index (χ0) is 16.4. The van der Waals surface area contributed by atoms with Crippen LogP contribution in [0.2, 0.25) is 0 Å². The fraction of sp³-hybridized carbons (Fsp3) is 0.950. The zero-order valence-corrected chi connectivity index (χ0v) is 15.8. The summed E-state index contributed by atoms with van der Waals surface area (Å²) in [5, 5.41) is 0. The molecular weight excluding hydrogens is 256 g/mol. The number of Topliss-reactive ketones (excluding diaryl/α,β-unsaturated/α-hetero) is 1. The van der Waals surface area contributed by atoms with Crippen molar-refractivity contribution in [2.75, 3.05) is 0 Å². The number of hydrogen-bond donors (Lipinski definition) is 0. The lowest BCUT2D eigenvalue weighted by Gasteiger charge is -2.39. The molecule has 0 aromatic heterocycles. The predicted octanol–water partition coefficient (Wildman–Crippen LogP) is 6.12. The van der Waals surface area contributed by atoms with Crippen LogP contribution < -0.4 is 0 Å². The normalized spacial score (nSPS) is 30.4. The first kappa shape index (κ1) is 18.7. The summed E-state index contributed by atoms with van der Waals surface area (Å²) in [6.45, 7) is 18.0. The molecule has 124 valence electrons. The van der Waals surface area contributed by atoms with Gasteiger partial charge < -0.3 is 0 Å². The van der Waals surface area contributed by atoms with E-state index in [0.29, 0.717) is 17.1 Å². The van der Waals surface area contributed by atoms with Gasteiger partial charge in [0.25, 0.3) is 0 Å². The average molecular weight is 295 g/mol. The molecule has 2 aliphatic carbocycles. The van der Waals surface area contributed by atoms with E-state index >= 15 is 0 Å². The highest BCUT2D eigenvalue weighted by Gasteiger charge is 2.36. The molecule has 21 heavy (non-hydrogen) atoms. The van der Waals surface area contributed by atoms with Gasteiger partial charge in [0.2, 0.25) is 0 Å². The lowest BCUT2D eigenvalue weighted by molar-refractivity contribution is -0.127. The minimum absolute atomic E-state index is 0.0961. The Hall–Kier alpha value is -0.330. The summed E-state index contributed by atoms with van der Waals surface area (Å²) in [6.07, 6.45) is 6.63. The molecule has 1 nitrogen and oxygen atoms in total. The van der Waals surface area contributed by atoms with Crippen LogP contribution in [0.3, 0.4) is 0 Å². The Bertz CT molecular complexity index is 328. The van der Waals surface area contributed by atoms with E-state index in [4.69, 9.17) is 0 Å². The number of ketones is 1. The maximum atomic E-state index is 11.2. The predicted molar refractivity (Wildman–Crippen MR) is 92.3 cm³/mol. The minimum Gasteiger partial charge on any atom is -0.299 e. The van der Waals surface area contributed by atoms with Crippen molar-refractivity contribution in [3.05, 3.63) is 0 Å². The van der Waals surface area contributed by atoms with Crippen molar-refractivity contribution >= 4 is 5.78 Å². The Morgan fingerprint density at radius 2 is 1.24 bits per heavy atom. The zero-order valence-electron chi connectivity index (χ0n) is 15.8. The maximum Gasteiger partial charge on any atom is 0.141 e. The van der Waals surface area contributed by atoms with Crippen molar-refractivity contribution in [2.24, 2.45) is 34.5 Å². The summed E-state index contributed by atoms with van der Waals surface area (Å²) in [6, 6.07) is 0. The highest BCUT2D eigenvalue weighted by Crippen LogP contribution is 2.42. The van der Waals surface area contributed by atoms with Crippen LogP contribution in [0.4, 0.5) is 0 Å². The third-order valence-corrected chi connectivity index (χ3v) is 5.09. The molecule has 0 aliphatic heterocycles. The fourth-order valence-corrected chi connectivity index (χ4v) is 3.61. The topological polar surface area (TPSA) is 17.1 Å². The van der Waals surface area contributed by atoms with Crippen LogP contribution in [-0.2, 0) is 4.79 Å². The second kappa shape index (κ2) is 6.84. The van der Waals surface area contributed by atoms with Gasteiger partial charge in [-0.3, -0.25) is 4.79 Å². The largest absolute Gasteiger partial charge is 0.299 e. The molecule has 0 spiro atoms. The van der Waals surface area contributed by atoms with Crippen molar-refractivity contribution in [3.63, 3.8) is 0 Å². The Kier molecular flexibility index (Phi) is 6.09. The summed E-state index contributed by atoms with van der Waals surface area (Å²) >= 11 is 0. The fourth-order valence-electron chi connectivity index (χ4n) is 3.61. The van der Waals surface area contributed by atoms with Crippen LogP contribution in [0.25, 0.3) is 0 Å². The van der Waals surface area contributed by atoms with Gasteiger partial charge in [-0.1, -0.05) is 55.4 Å². The first-order valence-corrected chi connectivity index (χ1v) is 8.95. The molecule has 0 saturated heterocycles. The van der Waals surface area contributed by atoms with E-state index in [2.05, 4.69) is 34.6 Å². The standard InChI is InChI=1S/C12H24.C8H14O/c1-9-6-10(2)8-11(7-9)12(3,4)5;1-8(2,3)7(9)6-4-5-6/h9-11H,6-8H2,1-5H3;6H,4-5H2,1-3H3. The Morgan fingerprint density at radius 1 is 0.810 bits per heavy atom. The molecular formula is C20H38O. The van der Waals surface area contributed by atoms with Crippen molar-refractivity contribution in [3.8, 4) is 0 Å². The highest BCUT2D eigenvalue weighted by atomic mass is 16.1. The van der Waals surface area contributed by atoms with Gasteiger partial charge in [-0.2, -0.15) is 0 Å². The van der Waals surface area contributed by atoms with Gasteiger partial charge in [0.1, 0.15) is 5.78 Å². The number of hydrogen-bond acceptors (Lipinski definition) is 1. The molecule has 0 aromatic carbocycles. The van der Waals surface area contributed by atoms with E-state index in [1.54, 1.807) is 0 Å². The number of carbonyl (C=O) groups is 1. The third-order valence-electron chi connectivity index (χ3n) is 5.09. The molecule has 0 N–H and O–H groups in total. The molecule has 2 rings (SSSR count). The SMILES string of the molecule is CC(C)(C)C(=O)C1CC1.CC1CC(C)CC(C(C)(C)C)C1. The highest BCUT2D eigenvalue weighted by molar-refractivity contribution is 5.87. The van der Waals surface area contributed by atoms with Crippen LogP contribution in [0, 0.1) is 34.5 Å². The summed E-state index contributed by atoms with van der Waals surface area (Å²) in [5.74, 6) is 3.74. The summed E-state index contributed by atoms with van der Waals surface area (Å²) in [5.41, 5.74) is 0.435. The minimum atomic E-state index is -0.0961. The van der Waals surface area contributed by atoms with Gasteiger partial charge in [-0.25, -0.2) is 0 Å². The molecule has 2 aliphatic rings. The molecule has 2 saturated carbocycles. The van der Waals surface area contributed by atoms with Gasteiger partial charge in [-0.05, 0) is 55.3 Å². The Labute approximate surface area is 133 Å². The Morgan fingerprint density at radius 3 is 1.48 bits per heavy atom. The molecule has 1 heteroatoms. The monoisotopic (exact) mass is 294 g/mol. The van der Waals surface area contributed by atoms with Crippen LogP contribution in [0.5, 0.6) is 0 Å². The quantitative estimate of drug-likeness (QED) is 0.569. The molecule has 2 fully saturated rings. The van der Waals surface area contributed by atoms with Gasteiger partial charge >= 0.3 is 0 Å². The first-order chi connectivity index (χ1) is 9.41. The van der Waals surface area contributed by atoms with E-state index in [9.17, 15) is 4.79 Å². The van der Waals surface area contributed by atoms with Crippen molar-refractivity contribution in [1.29, 1.82) is 0 Å². The maximum absolute atomic E-state index is 11.2. The lowest BCUT2D eigenvalue weighted by atomic mass is 9.66. The molecule has 2 atom stereocenters. The summed E-state index contributed by atoms with van der Waals surface area (Å²) in [7, 11) is 0. The van der Waals surface area contributed by atoms with Gasteiger partial charge in [-0.15, -0.1) is 0 Å². The lowest BCUT2D eigenvalue weighted by Crippen LogP contribution is -2.29. The van der Waals surface area contributed by atoms with E-state index in [1.165, 1.54) is 19.3 Å². The van der Waals surface area contributed by atoms with E-state index in [-0.39, 0.29) is 5.41 Å². The van der Waals surface area contributed by atoms with Crippen LogP contribution in [-0.4, -0.2) is 5.78 Å². The second-order valence-corrected chi connectivity index (χ2v) is 9.87. The van der Waals surface area contributed by atoms with Gasteiger partial charge in [0.15, 0.2) is 0 Å². The average Bonchev–Trinajstić information content (AvgIpc) is 3.08. The molecule has 0 bridgehead atoms. The van der Waals surface area contributed by atoms with Crippen molar-refractivity contribution < 1.29 is 4.79 Å². The third kappa shape index (κ3) is 6.53. The first-order valence-electron chi connectivity index (χ1n) is 8.95. The van der Waals surface area contributed by atoms with Gasteiger partial charge in [0, 0.05) is 11.3 Å². The smallest absolute Gasteiger partial charge is 0.141 e. The summed E-state index contributed by atoms with van der Waals surface area (Å²) in [4.78, 5) is 11.2. The molecule has 0 heterocycles. The molecule has 2 unspecified atom stereocenters. The molecule has 0 radical (unpaired) electrons. The van der Waals surface area contributed by atoms with E-state index in [1.807, 2.05) is 20.8 Å². The van der Waals surface area contributed by atoms with E-state index < -0.39 is 0 Å². The van der Waals surface area contributed by atoms with Crippen molar-refractivity contribution in [1.82, 2.24) is 0 Å². The summed E-state index contributed by atoms with van der Waals surface area (Å²) < 4.78 is 0. The Balaban J connectivity index is 0.000000219. The van der Waals surface area contributed by atoms with Crippen molar-refractivity contribution in [2.45, 2.75) is 87.5 Å². The van der Waals surface area contributed by atoms with Gasteiger partial charge in [0.05, 0.1) is 0 Å². The van der Waals surface area contributed by atoms with Crippen LogP contribution in [0.1, 0.15) is 87.5 Å². The van der Waals surface area contributed by atoms with Crippen LogP contribution in [0.15, 0.2) is 0 Å². The molecule has 0 aromatic rings. The molecule has 0 amide bonds.